The molecule has 9 heteroatoms. The molecular formula is C26H19F4N3O2. The van der Waals surface area contributed by atoms with Crippen molar-refractivity contribution in [2.75, 3.05) is 0 Å². The van der Waals surface area contributed by atoms with E-state index in [1.807, 2.05) is 0 Å². The topological polar surface area (TPSA) is 60.1 Å². The number of carbonyl (C=O) groups is 1. The zero-order chi connectivity index (χ0) is 25.0. The molecule has 0 saturated heterocycles. The average molecular weight is 481 g/mol. The molecule has 0 bridgehead atoms. The Kier molecular flexibility index (Phi) is 5.25. The van der Waals surface area contributed by atoms with Crippen LogP contribution in [0.25, 0.3) is 27.5 Å². The minimum Gasteiger partial charge on any atom is -0.375 e. The van der Waals surface area contributed by atoms with Gasteiger partial charge in [0, 0.05) is 28.0 Å². The minimum atomic E-state index is -5.02. The highest BCUT2D eigenvalue weighted by Gasteiger charge is 2.55. The van der Waals surface area contributed by atoms with Gasteiger partial charge in [0.2, 0.25) is 5.60 Å². The molecule has 3 aromatic carbocycles. The van der Waals surface area contributed by atoms with Crippen LogP contribution >= 0.6 is 0 Å². The summed E-state index contributed by atoms with van der Waals surface area (Å²) in [5.74, 6) is -0.710. The molecule has 0 saturated carbocycles. The third-order valence-corrected chi connectivity index (χ3v) is 6.15. The summed E-state index contributed by atoms with van der Waals surface area (Å²) in [6.45, 7) is 0.497. The zero-order valence-electron chi connectivity index (χ0n) is 18.4. The fourth-order valence-corrected chi connectivity index (χ4v) is 4.33. The number of ketones is 1. The maximum atomic E-state index is 14.4. The summed E-state index contributed by atoms with van der Waals surface area (Å²) in [5.41, 5.74) is -1.88. The van der Waals surface area contributed by atoms with Gasteiger partial charge in [0.05, 0.1) is 23.9 Å². The smallest absolute Gasteiger partial charge is 0.375 e. The number of para-hydroxylation sites is 1. The van der Waals surface area contributed by atoms with Crippen molar-refractivity contribution < 1.29 is 27.5 Å². The Bertz CT molecular complexity index is 1570. The molecule has 0 aliphatic rings. The number of aliphatic hydroxyl groups is 1. The fraction of sp³-hybridized carbons (Fsp3) is 0.154. The summed E-state index contributed by atoms with van der Waals surface area (Å²) in [6, 6.07) is 16.0. The van der Waals surface area contributed by atoms with E-state index < -0.39 is 24.1 Å². The monoisotopic (exact) mass is 481 g/mol. The molecule has 1 unspecified atom stereocenters. The highest BCUT2D eigenvalue weighted by atomic mass is 19.4. The van der Waals surface area contributed by atoms with Gasteiger partial charge in [0.15, 0.2) is 5.78 Å². The summed E-state index contributed by atoms with van der Waals surface area (Å²) in [6.07, 6.45) is -2.29. The molecule has 0 fully saturated rings. The Balaban J connectivity index is 1.61. The normalized spacial score (nSPS) is 13.9. The van der Waals surface area contributed by atoms with Gasteiger partial charge in [-0.25, -0.2) is 9.07 Å². The van der Waals surface area contributed by atoms with Crippen LogP contribution in [-0.2, 0) is 12.1 Å². The van der Waals surface area contributed by atoms with Gasteiger partial charge in [-0.3, -0.25) is 4.79 Å². The molecule has 1 atom stereocenters. The second-order valence-corrected chi connectivity index (χ2v) is 8.41. The summed E-state index contributed by atoms with van der Waals surface area (Å²) in [7, 11) is 0. The van der Waals surface area contributed by atoms with Crippen LogP contribution in [0, 0.1) is 5.82 Å². The molecule has 0 aliphatic heterocycles. The quantitative estimate of drug-likeness (QED) is 0.256. The number of aromatic nitrogens is 3. The van der Waals surface area contributed by atoms with Crippen molar-refractivity contribution in [2.24, 2.45) is 0 Å². The lowest BCUT2D eigenvalue weighted by Crippen LogP contribution is -2.45. The van der Waals surface area contributed by atoms with Crippen molar-refractivity contribution in [3.8, 4) is 5.69 Å². The third-order valence-electron chi connectivity index (χ3n) is 6.15. The molecule has 2 heterocycles. The van der Waals surface area contributed by atoms with Gasteiger partial charge in [-0.2, -0.15) is 18.3 Å². The van der Waals surface area contributed by atoms with Gasteiger partial charge in [0.25, 0.3) is 0 Å². The standard InChI is InChI=1S/C26H19F4N3O2/c1-16(34)22-14-32(24-5-3-2-4-21(22)24)15-25(35,26(28,29)30)18-6-11-23-17(12-18)13-31-33(23)20-9-7-19(27)8-10-20/h2-14,35H,15H2,1H3. The Hall–Kier alpha value is -3.98. The Morgan fingerprint density at radius 1 is 1.00 bits per heavy atom. The van der Waals surface area contributed by atoms with E-state index in [4.69, 9.17) is 0 Å². The average Bonchev–Trinajstić information content (AvgIpc) is 3.40. The molecule has 178 valence electrons. The Labute approximate surface area is 196 Å². The lowest BCUT2D eigenvalue weighted by atomic mass is 9.91. The molecule has 0 aliphatic carbocycles. The van der Waals surface area contributed by atoms with Crippen molar-refractivity contribution in [1.82, 2.24) is 14.3 Å². The van der Waals surface area contributed by atoms with E-state index in [2.05, 4.69) is 5.10 Å². The predicted molar refractivity (Wildman–Crippen MR) is 123 cm³/mol. The highest BCUT2D eigenvalue weighted by molar-refractivity contribution is 6.07. The summed E-state index contributed by atoms with van der Waals surface area (Å²) in [5, 5.41) is 16.2. The van der Waals surface area contributed by atoms with Crippen LogP contribution in [0.2, 0.25) is 0 Å². The number of hydrogen-bond acceptors (Lipinski definition) is 3. The SMILES string of the molecule is CC(=O)c1cn(CC(O)(c2ccc3c(cnn3-c3ccc(F)cc3)c2)C(F)(F)F)c2ccccc12. The number of Topliss-reactive ketones (excluding diaryl/α,β-unsaturated/α-hetero) is 1. The van der Waals surface area contributed by atoms with Crippen LogP contribution in [0.4, 0.5) is 17.6 Å². The molecule has 5 rings (SSSR count). The zero-order valence-corrected chi connectivity index (χ0v) is 18.4. The second kappa shape index (κ2) is 8.06. The summed E-state index contributed by atoms with van der Waals surface area (Å²) in [4.78, 5) is 12.1. The summed E-state index contributed by atoms with van der Waals surface area (Å²) < 4.78 is 59.1. The van der Waals surface area contributed by atoms with Crippen LogP contribution < -0.4 is 0 Å². The molecule has 35 heavy (non-hydrogen) atoms. The number of alkyl halides is 3. The number of nitrogens with zero attached hydrogens (tertiary/aromatic N) is 3. The number of carbonyl (C=O) groups excluding carboxylic acids is 1. The van der Waals surface area contributed by atoms with Gasteiger partial charge in [-0.05, 0) is 55.0 Å². The number of halogens is 4. The molecule has 1 N–H and O–H groups in total. The van der Waals surface area contributed by atoms with Crippen molar-refractivity contribution in [3.63, 3.8) is 0 Å². The lowest BCUT2D eigenvalue weighted by molar-refractivity contribution is -0.271. The first kappa shape index (κ1) is 22.8. The van der Waals surface area contributed by atoms with E-state index in [1.165, 1.54) is 71.0 Å². The molecular weight excluding hydrogens is 462 g/mol. The van der Waals surface area contributed by atoms with Crippen molar-refractivity contribution >= 4 is 27.6 Å². The van der Waals surface area contributed by atoms with Crippen molar-refractivity contribution in [1.29, 1.82) is 0 Å². The van der Waals surface area contributed by atoms with E-state index in [0.29, 0.717) is 27.5 Å². The minimum absolute atomic E-state index is 0.279. The first-order valence-electron chi connectivity index (χ1n) is 10.7. The molecule has 5 nitrogen and oxygen atoms in total. The molecule has 2 aromatic heterocycles. The number of benzene rings is 3. The maximum absolute atomic E-state index is 14.4. The molecule has 0 spiro atoms. The van der Waals surface area contributed by atoms with E-state index in [9.17, 15) is 27.5 Å². The first-order chi connectivity index (χ1) is 16.6. The van der Waals surface area contributed by atoms with Gasteiger partial charge in [0.1, 0.15) is 5.82 Å². The molecule has 5 aromatic rings. The second-order valence-electron chi connectivity index (χ2n) is 8.41. The Morgan fingerprint density at radius 3 is 2.40 bits per heavy atom. The Morgan fingerprint density at radius 2 is 1.71 bits per heavy atom. The van der Waals surface area contributed by atoms with Gasteiger partial charge < -0.3 is 9.67 Å². The highest BCUT2D eigenvalue weighted by Crippen LogP contribution is 2.42. The van der Waals surface area contributed by atoms with E-state index >= 15 is 0 Å². The fourth-order valence-electron chi connectivity index (χ4n) is 4.33. The van der Waals surface area contributed by atoms with Crippen LogP contribution in [-0.4, -0.2) is 31.4 Å². The van der Waals surface area contributed by atoms with Crippen LogP contribution in [0.1, 0.15) is 22.8 Å². The predicted octanol–water partition coefficient (Wildman–Crippen LogP) is 5.77. The lowest BCUT2D eigenvalue weighted by Gasteiger charge is -2.32. The van der Waals surface area contributed by atoms with Crippen LogP contribution in [0.3, 0.4) is 0 Å². The van der Waals surface area contributed by atoms with Crippen LogP contribution in [0.15, 0.2) is 79.1 Å². The largest absolute Gasteiger partial charge is 0.423 e. The number of fused-ring (bicyclic) bond motifs is 2. The van der Waals surface area contributed by atoms with Crippen molar-refractivity contribution in [2.45, 2.75) is 25.2 Å². The van der Waals surface area contributed by atoms with E-state index in [0.717, 1.165) is 0 Å². The van der Waals surface area contributed by atoms with Gasteiger partial charge in [-0.1, -0.05) is 24.3 Å². The maximum Gasteiger partial charge on any atom is 0.423 e. The van der Waals surface area contributed by atoms with E-state index in [-0.39, 0.29) is 16.9 Å². The van der Waals surface area contributed by atoms with Crippen LogP contribution in [0.5, 0.6) is 0 Å². The number of hydrogen-bond donors (Lipinski definition) is 1. The van der Waals surface area contributed by atoms with Crippen molar-refractivity contribution in [3.05, 3.63) is 96.1 Å². The first-order valence-corrected chi connectivity index (χ1v) is 10.7. The number of rotatable bonds is 5. The third kappa shape index (κ3) is 3.77. The molecule has 0 amide bonds. The summed E-state index contributed by atoms with van der Waals surface area (Å²) >= 11 is 0. The van der Waals surface area contributed by atoms with Gasteiger partial charge >= 0.3 is 6.18 Å². The van der Waals surface area contributed by atoms with Gasteiger partial charge in [-0.15, -0.1) is 0 Å². The molecule has 0 radical (unpaired) electrons. The van der Waals surface area contributed by atoms with E-state index in [1.54, 1.807) is 24.3 Å².